The molecule has 17 heavy (non-hydrogen) atoms. The van der Waals surface area contributed by atoms with Gasteiger partial charge in [0.15, 0.2) is 0 Å². The summed E-state index contributed by atoms with van der Waals surface area (Å²) in [5.74, 6) is 0.702. The van der Waals surface area contributed by atoms with E-state index in [1.807, 2.05) is 11.7 Å². The first-order valence-corrected chi connectivity index (χ1v) is 6.61. The lowest BCUT2D eigenvalue weighted by molar-refractivity contribution is 0.401. The van der Waals surface area contributed by atoms with Crippen LogP contribution < -0.4 is 5.73 Å². The normalized spacial score (nSPS) is 18.6. The zero-order valence-corrected chi connectivity index (χ0v) is 10.9. The molecule has 0 radical (unpaired) electrons. The highest BCUT2D eigenvalue weighted by Crippen LogP contribution is 2.30. The monoisotopic (exact) mass is 233 g/mol. The lowest BCUT2D eigenvalue weighted by atomic mass is 9.83. The van der Waals surface area contributed by atoms with Crippen molar-refractivity contribution in [3.63, 3.8) is 0 Å². The van der Waals surface area contributed by atoms with Crippen LogP contribution in [0.5, 0.6) is 0 Å². The molecule has 1 aromatic heterocycles. The molecule has 1 saturated carbocycles. The molecule has 1 fully saturated rings. The van der Waals surface area contributed by atoms with Crippen LogP contribution in [-0.2, 0) is 7.05 Å². The number of nitrogens with two attached hydrogens (primary N) is 1. The van der Waals surface area contributed by atoms with Crippen LogP contribution in [0.2, 0.25) is 0 Å². The van der Waals surface area contributed by atoms with E-state index in [2.05, 4.69) is 24.3 Å². The van der Waals surface area contributed by atoms with Gasteiger partial charge in [0.1, 0.15) is 0 Å². The zero-order chi connectivity index (χ0) is 12.3. The smallest absolute Gasteiger partial charge is 0.0665 e. The topological polar surface area (TPSA) is 43.8 Å². The average Bonchev–Trinajstić information content (AvgIpc) is 2.66. The van der Waals surface area contributed by atoms with Crippen LogP contribution in [0.3, 0.4) is 0 Å². The van der Waals surface area contributed by atoms with Gasteiger partial charge in [0.25, 0.3) is 0 Å². The molecule has 0 atom stereocenters. The highest BCUT2D eigenvalue weighted by atomic mass is 15.2. The lowest BCUT2D eigenvalue weighted by Crippen LogP contribution is -2.16. The molecule has 3 heteroatoms. The third kappa shape index (κ3) is 2.97. The molecule has 0 amide bonds. The highest BCUT2D eigenvalue weighted by molar-refractivity contribution is 5.55. The quantitative estimate of drug-likeness (QED) is 0.872. The maximum absolute atomic E-state index is 5.91. The maximum atomic E-state index is 5.91. The minimum absolute atomic E-state index is 0.680. The van der Waals surface area contributed by atoms with Gasteiger partial charge in [0, 0.05) is 25.4 Å². The predicted molar refractivity (Wildman–Crippen MR) is 71.6 cm³/mol. The molecule has 2 rings (SSSR count). The van der Waals surface area contributed by atoms with Gasteiger partial charge in [-0.05, 0) is 25.7 Å². The Hall–Kier alpha value is -1.09. The van der Waals surface area contributed by atoms with Crippen molar-refractivity contribution in [2.24, 2.45) is 18.7 Å². The fourth-order valence-electron chi connectivity index (χ4n) is 2.78. The minimum Gasteiger partial charge on any atom is -0.327 e. The second kappa shape index (κ2) is 5.50. The summed E-state index contributed by atoms with van der Waals surface area (Å²) in [4.78, 5) is 0. The summed E-state index contributed by atoms with van der Waals surface area (Å²) >= 11 is 0. The molecule has 1 aliphatic carbocycles. The second-order valence-corrected chi connectivity index (χ2v) is 5.10. The molecule has 3 nitrogen and oxygen atoms in total. The van der Waals surface area contributed by atoms with Crippen LogP contribution in [0.4, 0.5) is 0 Å². The number of nitrogens with zero attached hydrogens (tertiary/aromatic N) is 2. The van der Waals surface area contributed by atoms with Gasteiger partial charge >= 0.3 is 0 Å². The lowest BCUT2D eigenvalue weighted by Gasteiger charge is -2.23. The Balaban J connectivity index is 2.19. The number of hydrogen-bond donors (Lipinski definition) is 1. The molecule has 1 aliphatic rings. The van der Waals surface area contributed by atoms with E-state index in [-0.39, 0.29) is 0 Å². The van der Waals surface area contributed by atoms with E-state index in [9.17, 15) is 0 Å². The van der Waals surface area contributed by atoms with E-state index in [0.717, 1.165) is 5.69 Å². The van der Waals surface area contributed by atoms with Gasteiger partial charge in [-0.3, -0.25) is 4.68 Å². The van der Waals surface area contributed by atoms with Gasteiger partial charge in [0.05, 0.1) is 5.69 Å². The molecule has 0 aliphatic heterocycles. The molecular formula is C14H23N3. The maximum Gasteiger partial charge on any atom is 0.0665 e. The first-order valence-electron chi connectivity index (χ1n) is 6.61. The number of aryl methyl sites for hydroxylation is 2. The van der Waals surface area contributed by atoms with Crippen molar-refractivity contribution in [2.75, 3.05) is 6.54 Å². The Morgan fingerprint density at radius 2 is 2.18 bits per heavy atom. The van der Waals surface area contributed by atoms with Crippen LogP contribution in [0, 0.1) is 12.8 Å². The summed E-state index contributed by atoms with van der Waals surface area (Å²) < 4.78 is 1.87. The van der Waals surface area contributed by atoms with Gasteiger partial charge < -0.3 is 5.73 Å². The SMILES string of the molecule is Cc1nn(C)cc1/C=C(/CN)C1CCCCC1. The average molecular weight is 233 g/mol. The van der Waals surface area contributed by atoms with E-state index in [0.29, 0.717) is 12.5 Å². The molecule has 0 saturated heterocycles. The Labute approximate surface area is 104 Å². The molecule has 94 valence electrons. The van der Waals surface area contributed by atoms with Crippen LogP contribution in [-0.4, -0.2) is 16.3 Å². The molecule has 2 N–H and O–H groups in total. The largest absolute Gasteiger partial charge is 0.327 e. The van der Waals surface area contributed by atoms with Gasteiger partial charge in [0.2, 0.25) is 0 Å². The van der Waals surface area contributed by atoms with Crippen molar-refractivity contribution in [3.8, 4) is 0 Å². The van der Waals surface area contributed by atoms with E-state index >= 15 is 0 Å². The summed E-state index contributed by atoms with van der Waals surface area (Å²) in [6.07, 6.45) is 11.1. The third-order valence-electron chi connectivity index (χ3n) is 3.76. The van der Waals surface area contributed by atoms with Crippen molar-refractivity contribution in [2.45, 2.75) is 39.0 Å². The Morgan fingerprint density at radius 3 is 2.71 bits per heavy atom. The van der Waals surface area contributed by atoms with Crippen molar-refractivity contribution < 1.29 is 0 Å². The first-order chi connectivity index (χ1) is 8.20. The van der Waals surface area contributed by atoms with Crippen LogP contribution in [0.25, 0.3) is 6.08 Å². The predicted octanol–water partition coefficient (Wildman–Crippen LogP) is 2.65. The van der Waals surface area contributed by atoms with E-state index < -0.39 is 0 Å². The fourth-order valence-corrected chi connectivity index (χ4v) is 2.78. The van der Waals surface area contributed by atoms with E-state index in [1.165, 1.54) is 43.2 Å². The molecule has 1 aromatic rings. The number of hydrogen-bond acceptors (Lipinski definition) is 2. The summed E-state index contributed by atoms with van der Waals surface area (Å²) in [5, 5.41) is 4.37. The van der Waals surface area contributed by atoms with Crippen LogP contribution in [0.15, 0.2) is 11.8 Å². The summed E-state index contributed by atoms with van der Waals surface area (Å²) in [6, 6.07) is 0. The van der Waals surface area contributed by atoms with Gasteiger partial charge in [-0.1, -0.05) is 30.9 Å². The van der Waals surface area contributed by atoms with Crippen LogP contribution >= 0.6 is 0 Å². The molecule has 0 bridgehead atoms. The van der Waals surface area contributed by atoms with Crippen molar-refractivity contribution in [1.82, 2.24) is 9.78 Å². The fraction of sp³-hybridized carbons (Fsp3) is 0.643. The molecular weight excluding hydrogens is 210 g/mol. The van der Waals surface area contributed by atoms with Crippen molar-refractivity contribution in [3.05, 3.63) is 23.0 Å². The molecule has 0 aromatic carbocycles. The number of rotatable bonds is 3. The Morgan fingerprint density at radius 1 is 1.47 bits per heavy atom. The van der Waals surface area contributed by atoms with Gasteiger partial charge in [-0.25, -0.2) is 0 Å². The Kier molecular flexibility index (Phi) is 4.00. The number of aromatic nitrogens is 2. The van der Waals surface area contributed by atoms with E-state index in [1.54, 1.807) is 0 Å². The van der Waals surface area contributed by atoms with Crippen molar-refractivity contribution >= 4 is 6.08 Å². The third-order valence-corrected chi connectivity index (χ3v) is 3.76. The standard InChI is InChI=1S/C14H23N3/c1-11-14(10-17(2)16-11)8-13(9-15)12-6-4-3-5-7-12/h8,10,12H,3-7,9,15H2,1-2H3/b13-8-. The van der Waals surface area contributed by atoms with Crippen LogP contribution in [0.1, 0.15) is 43.4 Å². The minimum atomic E-state index is 0.680. The second-order valence-electron chi connectivity index (χ2n) is 5.10. The van der Waals surface area contributed by atoms with Crippen molar-refractivity contribution in [1.29, 1.82) is 0 Å². The molecule has 0 unspecified atom stereocenters. The van der Waals surface area contributed by atoms with Gasteiger partial charge in [-0.2, -0.15) is 5.10 Å². The van der Waals surface area contributed by atoms with E-state index in [4.69, 9.17) is 5.73 Å². The Bertz CT molecular complexity index is 398. The first kappa shape index (κ1) is 12.4. The van der Waals surface area contributed by atoms with Gasteiger partial charge in [-0.15, -0.1) is 0 Å². The summed E-state index contributed by atoms with van der Waals surface area (Å²) in [5.41, 5.74) is 9.63. The molecule has 1 heterocycles. The zero-order valence-electron chi connectivity index (χ0n) is 10.9. The summed E-state index contributed by atoms with van der Waals surface area (Å²) in [7, 11) is 1.97. The highest BCUT2D eigenvalue weighted by Gasteiger charge is 2.17. The molecule has 0 spiro atoms. The summed E-state index contributed by atoms with van der Waals surface area (Å²) in [6.45, 7) is 2.74.